The molecule has 21 heavy (non-hydrogen) atoms. The lowest BCUT2D eigenvalue weighted by molar-refractivity contribution is -0.137. The number of carbonyl (C=O) groups excluding carboxylic acids is 2. The van der Waals surface area contributed by atoms with Crippen LogP contribution in [0.15, 0.2) is 0 Å². The lowest BCUT2D eigenvalue weighted by Gasteiger charge is -2.48. The van der Waals surface area contributed by atoms with Gasteiger partial charge in [-0.25, -0.2) is 0 Å². The molecule has 0 radical (unpaired) electrons. The average Bonchev–Trinajstić information content (AvgIpc) is 2.80. The van der Waals surface area contributed by atoms with Crippen molar-refractivity contribution in [2.45, 2.75) is 38.5 Å². The van der Waals surface area contributed by atoms with E-state index in [1.54, 1.807) is 11.7 Å². The Bertz CT molecular complexity index is 670. The van der Waals surface area contributed by atoms with Gasteiger partial charge in [0.25, 0.3) is 0 Å². The summed E-state index contributed by atoms with van der Waals surface area (Å²) in [7, 11) is 1.78. The molecular formula is C16H19N3O2. The van der Waals surface area contributed by atoms with Crippen LogP contribution in [0.2, 0.25) is 0 Å². The number of nitriles is 1. The number of aldehydes is 1. The highest BCUT2D eigenvalue weighted by Crippen LogP contribution is 2.52. The first-order chi connectivity index (χ1) is 9.93. The van der Waals surface area contributed by atoms with Crippen LogP contribution in [0.1, 0.15) is 43.6 Å². The zero-order valence-corrected chi connectivity index (χ0v) is 12.6. The molecule has 0 saturated heterocycles. The molecule has 3 rings (SSSR count). The van der Waals surface area contributed by atoms with E-state index >= 15 is 0 Å². The van der Waals surface area contributed by atoms with Crippen LogP contribution in [0.3, 0.4) is 0 Å². The minimum absolute atomic E-state index is 0.0624. The number of aromatic nitrogens is 2. The first-order valence-electron chi connectivity index (χ1n) is 7.39. The summed E-state index contributed by atoms with van der Waals surface area (Å²) in [6.07, 6.45) is 2.96. The van der Waals surface area contributed by atoms with Gasteiger partial charge in [-0.3, -0.25) is 9.48 Å². The van der Waals surface area contributed by atoms with Gasteiger partial charge in [0, 0.05) is 23.9 Å². The molecule has 1 unspecified atom stereocenters. The normalized spacial score (nSPS) is 34.8. The largest absolute Gasteiger partial charge is 0.303 e. The monoisotopic (exact) mass is 285 g/mol. The van der Waals surface area contributed by atoms with E-state index in [0.717, 1.165) is 30.4 Å². The standard InChI is InChI=1S/C16H19N3O2/c1-9-12-5-4-11-13(7-17)19(3)18-15(11)16(12,2)6-10(8-20)14(9)21/h8-10,12H,4-6H2,1-3H3/t9-,10?,12-,16-/m0/s1. The minimum Gasteiger partial charge on any atom is -0.303 e. The van der Waals surface area contributed by atoms with E-state index in [-0.39, 0.29) is 23.0 Å². The van der Waals surface area contributed by atoms with Crippen LogP contribution in [0, 0.1) is 29.1 Å². The van der Waals surface area contributed by atoms with Crippen LogP contribution in [-0.4, -0.2) is 21.8 Å². The third-order valence-electron chi connectivity index (χ3n) is 5.54. The molecule has 5 heteroatoms. The number of nitrogens with zero attached hydrogens (tertiary/aromatic N) is 3. The fraction of sp³-hybridized carbons (Fsp3) is 0.625. The number of rotatable bonds is 1. The van der Waals surface area contributed by atoms with E-state index in [9.17, 15) is 14.9 Å². The van der Waals surface area contributed by atoms with Crippen molar-refractivity contribution in [3.05, 3.63) is 17.0 Å². The Morgan fingerprint density at radius 2 is 2.24 bits per heavy atom. The van der Waals surface area contributed by atoms with Crippen molar-refractivity contribution in [1.82, 2.24) is 9.78 Å². The second kappa shape index (κ2) is 4.52. The van der Waals surface area contributed by atoms with Crippen molar-refractivity contribution < 1.29 is 9.59 Å². The molecule has 5 nitrogen and oxygen atoms in total. The number of Topliss-reactive ketones (excluding diaryl/α,β-unsaturated/α-hetero) is 1. The van der Waals surface area contributed by atoms with Crippen molar-refractivity contribution in [2.24, 2.45) is 24.8 Å². The van der Waals surface area contributed by atoms with Crippen LogP contribution in [0.5, 0.6) is 0 Å². The number of hydrogen-bond donors (Lipinski definition) is 0. The number of hydrogen-bond acceptors (Lipinski definition) is 4. The van der Waals surface area contributed by atoms with Crippen LogP contribution in [-0.2, 0) is 28.5 Å². The van der Waals surface area contributed by atoms with Crippen LogP contribution < -0.4 is 0 Å². The first kappa shape index (κ1) is 14.0. The smallest absolute Gasteiger partial charge is 0.146 e. The summed E-state index contributed by atoms with van der Waals surface area (Å²) in [5.41, 5.74) is 2.24. The number of fused-ring (bicyclic) bond motifs is 3. The van der Waals surface area contributed by atoms with Crippen LogP contribution >= 0.6 is 0 Å². The lowest BCUT2D eigenvalue weighted by Crippen LogP contribution is -2.51. The predicted octanol–water partition coefficient (Wildman–Crippen LogP) is 1.54. The predicted molar refractivity (Wildman–Crippen MR) is 75.4 cm³/mol. The van der Waals surface area contributed by atoms with E-state index in [1.807, 2.05) is 6.92 Å². The van der Waals surface area contributed by atoms with E-state index < -0.39 is 5.92 Å². The van der Waals surface area contributed by atoms with Gasteiger partial charge >= 0.3 is 0 Å². The van der Waals surface area contributed by atoms with Crippen molar-refractivity contribution in [3.8, 4) is 6.07 Å². The van der Waals surface area contributed by atoms with Gasteiger partial charge in [0.15, 0.2) is 0 Å². The van der Waals surface area contributed by atoms with Crippen molar-refractivity contribution in [1.29, 1.82) is 5.26 Å². The third kappa shape index (κ3) is 1.71. The SMILES string of the molecule is C[C@@H]1C(=O)C(C=O)C[C@]2(C)c3nn(C)c(C#N)c3CC[C@@H]12. The molecule has 1 fully saturated rings. The molecule has 0 N–H and O–H groups in total. The zero-order valence-electron chi connectivity index (χ0n) is 12.6. The van der Waals surface area contributed by atoms with Crippen molar-refractivity contribution in [3.63, 3.8) is 0 Å². The van der Waals surface area contributed by atoms with Crippen molar-refractivity contribution >= 4 is 12.1 Å². The van der Waals surface area contributed by atoms with Crippen molar-refractivity contribution in [2.75, 3.05) is 0 Å². The summed E-state index contributed by atoms with van der Waals surface area (Å²) < 4.78 is 1.63. The van der Waals surface area contributed by atoms with E-state index in [1.165, 1.54) is 0 Å². The van der Waals surface area contributed by atoms with Gasteiger partial charge < -0.3 is 4.79 Å². The quantitative estimate of drug-likeness (QED) is 0.579. The maximum Gasteiger partial charge on any atom is 0.146 e. The molecule has 0 aliphatic heterocycles. The van der Waals surface area contributed by atoms with Gasteiger partial charge in [0.1, 0.15) is 23.8 Å². The summed E-state index contributed by atoms with van der Waals surface area (Å²) in [5.74, 6) is -0.401. The Balaban J connectivity index is 2.16. The van der Waals surface area contributed by atoms with E-state index in [4.69, 9.17) is 0 Å². The molecule has 0 amide bonds. The minimum atomic E-state index is -0.542. The summed E-state index contributed by atoms with van der Waals surface area (Å²) in [4.78, 5) is 23.6. The maximum absolute atomic E-state index is 12.3. The Morgan fingerprint density at radius 3 is 2.86 bits per heavy atom. The molecule has 1 aromatic rings. The molecule has 1 heterocycles. The molecule has 4 atom stereocenters. The molecule has 1 saturated carbocycles. The first-order valence-corrected chi connectivity index (χ1v) is 7.39. The van der Waals surface area contributed by atoms with Gasteiger partial charge in [-0.15, -0.1) is 0 Å². The highest BCUT2D eigenvalue weighted by Gasteiger charge is 2.53. The maximum atomic E-state index is 12.3. The second-order valence-corrected chi connectivity index (χ2v) is 6.61. The third-order valence-corrected chi connectivity index (χ3v) is 5.54. The molecule has 1 aromatic heterocycles. The lowest BCUT2D eigenvalue weighted by atomic mass is 9.54. The Labute approximate surface area is 123 Å². The van der Waals surface area contributed by atoms with Gasteiger partial charge in [0.2, 0.25) is 0 Å². The topological polar surface area (TPSA) is 75.8 Å². The summed E-state index contributed by atoms with van der Waals surface area (Å²) in [5, 5.41) is 13.9. The molecular weight excluding hydrogens is 266 g/mol. The molecule has 2 aliphatic carbocycles. The van der Waals surface area contributed by atoms with E-state index in [2.05, 4.69) is 18.1 Å². The highest BCUT2D eigenvalue weighted by atomic mass is 16.1. The highest BCUT2D eigenvalue weighted by molar-refractivity contribution is 5.96. The zero-order chi connectivity index (χ0) is 15.4. The molecule has 0 bridgehead atoms. The molecule has 0 aromatic carbocycles. The Kier molecular flexibility index (Phi) is 3.01. The fourth-order valence-corrected chi connectivity index (χ4v) is 4.46. The average molecular weight is 285 g/mol. The molecule has 110 valence electrons. The fourth-order valence-electron chi connectivity index (χ4n) is 4.46. The van der Waals surface area contributed by atoms with Crippen LogP contribution in [0.4, 0.5) is 0 Å². The Hall–Kier alpha value is -1.96. The number of carbonyl (C=O) groups is 2. The summed E-state index contributed by atoms with van der Waals surface area (Å²) >= 11 is 0. The van der Waals surface area contributed by atoms with E-state index in [0.29, 0.717) is 12.1 Å². The number of aryl methyl sites for hydroxylation is 1. The summed E-state index contributed by atoms with van der Waals surface area (Å²) in [6, 6.07) is 2.23. The Morgan fingerprint density at radius 1 is 1.52 bits per heavy atom. The van der Waals surface area contributed by atoms with Gasteiger partial charge in [-0.05, 0) is 25.2 Å². The van der Waals surface area contributed by atoms with Crippen LogP contribution in [0.25, 0.3) is 0 Å². The van der Waals surface area contributed by atoms with Gasteiger partial charge in [-0.2, -0.15) is 10.4 Å². The second-order valence-electron chi connectivity index (χ2n) is 6.61. The summed E-state index contributed by atoms with van der Waals surface area (Å²) in [6.45, 7) is 4.03. The number of ketones is 1. The molecule has 2 aliphatic rings. The van der Waals surface area contributed by atoms with Gasteiger partial charge in [0.05, 0.1) is 11.6 Å². The molecule has 0 spiro atoms. The van der Waals surface area contributed by atoms with Gasteiger partial charge in [-0.1, -0.05) is 13.8 Å².